The maximum atomic E-state index is 6.14. The summed E-state index contributed by atoms with van der Waals surface area (Å²) in [7, 11) is 0. The lowest BCUT2D eigenvalue weighted by atomic mass is 9.84. The van der Waals surface area contributed by atoms with E-state index in [0.717, 1.165) is 60.3 Å². The van der Waals surface area contributed by atoms with Crippen molar-refractivity contribution < 1.29 is 0 Å². The third kappa shape index (κ3) is 3.71. The van der Waals surface area contributed by atoms with Gasteiger partial charge in [0.1, 0.15) is 5.84 Å². The first kappa shape index (κ1) is 17.4. The molecule has 4 rings (SSSR count). The van der Waals surface area contributed by atoms with Crippen LogP contribution in [0.25, 0.3) is 0 Å². The molecular formula is C21H25ClN4. The van der Waals surface area contributed by atoms with Crippen molar-refractivity contribution >= 4 is 28.8 Å². The number of hydrogen-bond acceptors (Lipinski definition) is 4. The smallest absolute Gasteiger partial charge is 0.128 e. The Bertz CT molecular complexity index is 794. The number of nitrogens with one attached hydrogen (secondary N) is 3. The number of nitrogens with zero attached hydrogens (tertiary/aromatic N) is 1. The maximum Gasteiger partial charge on any atom is 0.128 e. The van der Waals surface area contributed by atoms with Gasteiger partial charge in [0, 0.05) is 11.6 Å². The highest BCUT2D eigenvalue weighted by molar-refractivity contribution is 6.30. The molecule has 5 heteroatoms. The van der Waals surface area contributed by atoms with Crippen LogP contribution in [0.4, 0.5) is 11.4 Å². The first-order valence-corrected chi connectivity index (χ1v) is 9.78. The van der Waals surface area contributed by atoms with Gasteiger partial charge in [-0.3, -0.25) is 0 Å². The molecule has 1 saturated heterocycles. The number of aliphatic imine (C=N–C) groups is 1. The van der Waals surface area contributed by atoms with Crippen LogP contribution in [-0.4, -0.2) is 24.5 Å². The van der Waals surface area contributed by atoms with Crippen LogP contribution in [0, 0.1) is 0 Å². The molecule has 3 N–H and O–H groups in total. The predicted octanol–water partition coefficient (Wildman–Crippen LogP) is 4.49. The zero-order valence-corrected chi connectivity index (χ0v) is 15.6. The Morgan fingerprint density at radius 1 is 1.04 bits per heavy atom. The van der Waals surface area contributed by atoms with E-state index in [0.29, 0.717) is 0 Å². The molecule has 0 radical (unpaired) electrons. The summed E-state index contributed by atoms with van der Waals surface area (Å²) in [6.45, 7) is 2.82. The Balaban J connectivity index is 1.63. The number of rotatable bonds is 2. The predicted molar refractivity (Wildman–Crippen MR) is 110 cm³/mol. The van der Waals surface area contributed by atoms with Crippen molar-refractivity contribution in [2.75, 3.05) is 18.4 Å². The molecule has 2 aliphatic rings. The molecule has 0 saturated carbocycles. The number of hydrogen-bond donors (Lipinski definition) is 3. The average molecular weight is 369 g/mol. The first-order valence-electron chi connectivity index (χ1n) is 9.41. The molecule has 1 atom stereocenters. The number of amidine groups is 1. The van der Waals surface area contributed by atoms with Crippen LogP contribution in [0.3, 0.4) is 0 Å². The Morgan fingerprint density at radius 2 is 1.96 bits per heavy atom. The van der Waals surface area contributed by atoms with Crippen LogP contribution in [0.5, 0.6) is 0 Å². The van der Waals surface area contributed by atoms with E-state index in [1.54, 1.807) is 0 Å². The minimum atomic E-state index is -0.139. The molecule has 26 heavy (non-hydrogen) atoms. The maximum absolute atomic E-state index is 6.14. The largest absolute Gasteiger partial charge is 0.371 e. The van der Waals surface area contributed by atoms with Crippen LogP contribution < -0.4 is 16.0 Å². The Morgan fingerprint density at radius 3 is 2.88 bits per heavy atom. The normalized spacial score (nSPS) is 22.6. The van der Waals surface area contributed by atoms with Crippen molar-refractivity contribution in [2.24, 2.45) is 4.99 Å². The van der Waals surface area contributed by atoms with Gasteiger partial charge in [-0.05, 0) is 68.6 Å². The van der Waals surface area contributed by atoms with Crippen molar-refractivity contribution in [1.82, 2.24) is 10.6 Å². The van der Waals surface area contributed by atoms with Crippen LogP contribution in [0.15, 0.2) is 53.5 Å². The van der Waals surface area contributed by atoms with E-state index in [1.807, 2.05) is 24.3 Å². The summed E-state index contributed by atoms with van der Waals surface area (Å²) >= 11 is 6.14. The summed E-state index contributed by atoms with van der Waals surface area (Å²) in [4.78, 5) is 5.01. The van der Waals surface area contributed by atoms with Crippen LogP contribution in [0.2, 0.25) is 5.02 Å². The molecule has 2 aromatic rings. The van der Waals surface area contributed by atoms with Gasteiger partial charge in [0.15, 0.2) is 0 Å². The van der Waals surface area contributed by atoms with E-state index in [4.69, 9.17) is 16.6 Å². The SMILES string of the molecule is Clc1cccc(CNC2=Nc3ccccc3NC23CCCCNCC3)c1. The van der Waals surface area contributed by atoms with Gasteiger partial charge in [0.05, 0.1) is 16.9 Å². The molecule has 0 aromatic heterocycles. The second kappa shape index (κ2) is 7.68. The standard InChI is InChI=1S/C21H25ClN4/c22-17-7-5-6-16(14-17)15-24-20-21(10-3-4-12-23-13-11-21)26-19-9-2-1-8-18(19)25-20/h1-2,5-9,14,23,26H,3-4,10-13,15H2,(H,24,25). The minimum absolute atomic E-state index is 0.139. The zero-order chi connectivity index (χ0) is 17.8. The lowest BCUT2D eigenvalue weighted by Crippen LogP contribution is -2.55. The highest BCUT2D eigenvalue weighted by atomic mass is 35.5. The third-order valence-corrected chi connectivity index (χ3v) is 5.48. The number of fused-ring (bicyclic) bond motifs is 1. The molecular weight excluding hydrogens is 344 g/mol. The fourth-order valence-corrected chi connectivity index (χ4v) is 4.07. The summed E-state index contributed by atoms with van der Waals surface area (Å²) < 4.78 is 0. The van der Waals surface area contributed by atoms with Crippen molar-refractivity contribution in [2.45, 2.75) is 37.8 Å². The second-order valence-corrected chi connectivity index (χ2v) is 7.56. The topological polar surface area (TPSA) is 48.5 Å². The fraction of sp³-hybridized carbons (Fsp3) is 0.381. The van der Waals surface area contributed by atoms with E-state index in [-0.39, 0.29) is 5.54 Å². The summed E-state index contributed by atoms with van der Waals surface area (Å²) in [6, 6.07) is 16.3. The Hall–Kier alpha value is -2.04. The third-order valence-electron chi connectivity index (χ3n) is 5.25. The van der Waals surface area contributed by atoms with Gasteiger partial charge >= 0.3 is 0 Å². The van der Waals surface area contributed by atoms with E-state index >= 15 is 0 Å². The number of halogens is 1. The minimum Gasteiger partial charge on any atom is -0.371 e. The molecule has 2 aromatic carbocycles. The Kier molecular flexibility index (Phi) is 5.14. The van der Waals surface area contributed by atoms with Crippen molar-refractivity contribution in [3.63, 3.8) is 0 Å². The highest BCUT2D eigenvalue weighted by Gasteiger charge is 2.38. The number of benzene rings is 2. The monoisotopic (exact) mass is 368 g/mol. The van der Waals surface area contributed by atoms with Crippen LogP contribution in [0.1, 0.15) is 31.2 Å². The van der Waals surface area contributed by atoms with E-state index < -0.39 is 0 Å². The summed E-state index contributed by atoms with van der Waals surface area (Å²) in [6.07, 6.45) is 4.49. The molecule has 2 aliphatic heterocycles. The zero-order valence-electron chi connectivity index (χ0n) is 14.9. The molecule has 4 nitrogen and oxygen atoms in total. The lowest BCUT2D eigenvalue weighted by molar-refractivity contribution is 0.424. The number of para-hydroxylation sites is 2. The van der Waals surface area contributed by atoms with Crippen molar-refractivity contribution in [1.29, 1.82) is 0 Å². The molecule has 1 unspecified atom stereocenters. The van der Waals surface area contributed by atoms with Crippen LogP contribution in [-0.2, 0) is 6.54 Å². The molecule has 0 bridgehead atoms. The van der Waals surface area contributed by atoms with E-state index in [9.17, 15) is 0 Å². The fourth-order valence-electron chi connectivity index (χ4n) is 3.85. The van der Waals surface area contributed by atoms with Crippen molar-refractivity contribution in [3.8, 4) is 0 Å². The second-order valence-electron chi connectivity index (χ2n) is 7.13. The number of anilines is 1. The van der Waals surface area contributed by atoms with Gasteiger partial charge < -0.3 is 16.0 Å². The molecule has 0 aliphatic carbocycles. The van der Waals surface area contributed by atoms with Gasteiger partial charge in [-0.15, -0.1) is 0 Å². The quantitative estimate of drug-likeness (QED) is 0.732. The summed E-state index contributed by atoms with van der Waals surface area (Å²) in [5.74, 6) is 1.04. The van der Waals surface area contributed by atoms with E-state index in [2.05, 4.69) is 40.2 Å². The van der Waals surface area contributed by atoms with Gasteiger partial charge in [-0.25, -0.2) is 4.99 Å². The average Bonchev–Trinajstić information content (AvgIpc) is 2.63. The molecule has 136 valence electrons. The Labute approximate surface area is 160 Å². The van der Waals surface area contributed by atoms with Gasteiger partial charge in [0.2, 0.25) is 0 Å². The van der Waals surface area contributed by atoms with E-state index in [1.165, 1.54) is 12.8 Å². The molecule has 1 spiro atoms. The molecule has 2 heterocycles. The molecule has 0 amide bonds. The van der Waals surface area contributed by atoms with Crippen molar-refractivity contribution in [3.05, 3.63) is 59.1 Å². The highest BCUT2D eigenvalue weighted by Crippen LogP contribution is 2.37. The van der Waals surface area contributed by atoms with Gasteiger partial charge in [0.25, 0.3) is 0 Å². The lowest BCUT2D eigenvalue weighted by Gasteiger charge is -2.41. The summed E-state index contributed by atoms with van der Waals surface area (Å²) in [5, 5.41) is 11.7. The van der Waals surface area contributed by atoms with Gasteiger partial charge in [-0.2, -0.15) is 0 Å². The summed E-state index contributed by atoms with van der Waals surface area (Å²) in [5.41, 5.74) is 3.15. The van der Waals surface area contributed by atoms with Gasteiger partial charge in [-0.1, -0.05) is 35.9 Å². The first-order chi connectivity index (χ1) is 12.8. The van der Waals surface area contributed by atoms with Crippen LogP contribution >= 0.6 is 11.6 Å². The molecule has 1 fully saturated rings.